The molecule has 10 aliphatic heterocycles. The first kappa shape index (κ1) is 8.73. The Morgan fingerprint density at radius 3 is 2.13 bits per heavy atom. The number of fused-ring (bicyclic) bond motifs is 11. The molecule has 1 spiro atoms. The van der Waals surface area contributed by atoms with Crippen LogP contribution in [0, 0.1) is 0 Å². The fourth-order valence-corrected chi connectivity index (χ4v) is 92.1. The van der Waals surface area contributed by atoms with E-state index in [9.17, 15) is 9.90 Å². The predicted octanol–water partition coefficient (Wildman–Crippen LogP) is 4.29. The van der Waals surface area contributed by atoms with Gasteiger partial charge in [0.25, 0.3) is 0 Å². The molecule has 2 aromatic rings. The molecule has 4 heteroatoms. The Hall–Kier alpha value is -1.25. The Morgan fingerprint density at radius 1 is 0.957 bits per heavy atom. The van der Waals surface area contributed by atoms with Crippen LogP contribution in [-0.2, 0) is 10.8 Å². The van der Waals surface area contributed by atoms with Gasteiger partial charge in [0.1, 0.15) is 0 Å². The summed E-state index contributed by atoms with van der Waals surface area (Å²) < 4.78 is 6.94. The maximum atomic E-state index is 12.7. The molecule has 3 nitrogen and oxygen atoms in total. The van der Waals surface area contributed by atoms with E-state index in [0.717, 1.165) is 15.4 Å². The number of phenols is 1. The van der Waals surface area contributed by atoms with Gasteiger partial charge in [0.2, 0.25) is 0 Å². The Bertz CT molecular complexity index is 1510. The molecule has 10 aliphatic rings. The van der Waals surface area contributed by atoms with Crippen molar-refractivity contribution in [2.75, 3.05) is 0 Å². The van der Waals surface area contributed by atoms with E-state index in [-0.39, 0.29) is 11.2 Å². The number of phenolic OH excluding ortho intramolecular Hbond substituents is 1. The van der Waals surface area contributed by atoms with Crippen molar-refractivity contribution in [1.82, 2.24) is 0 Å². The number of benzene rings is 1. The number of aromatic hydroxyl groups is 1. The molecular formula is C19H14FeO3. The zero-order valence-electron chi connectivity index (χ0n) is 12.1. The Balaban J connectivity index is 1.36. The first-order chi connectivity index (χ1) is 10.9. The molecule has 12 rings (SSSR count). The summed E-state index contributed by atoms with van der Waals surface area (Å²) in [7, 11) is 0. The van der Waals surface area contributed by atoms with Crippen LogP contribution in [0.2, 0.25) is 43.3 Å². The average Bonchev–Trinajstić information content (AvgIpc) is 3.47. The minimum atomic E-state index is -3.26. The van der Waals surface area contributed by atoms with E-state index in [1.165, 1.54) is 33.7 Å². The molecule has 116 valence electrons. The molecule has 4 atom stereocenters. The molecule has 0 amide bonds. The molecule has 0 saturated carbocycles. The second-order valence-electron chi connectivity index (χ2n) is 12.3. The van der Waals surface area contributed by atoms with E-state index in [2.05, 4.69) is 0 Å². The van der Waals surface area contributed by atoms with Crippen LogP contribution in [-0.4, -0.2) is 5.11 Å². The van der Waals surface area contributed by atoms with Gasteiger partial charge in [-0.25, -0.2) is 0 Å². The molecule has 10 saturated heterocycles. The summed E-state index contributed by atoms with van der Waals surface area (Å²) in [4.78, 5) is 23.6. The summed E-state index contributed by atoms with van der Waals surface area (Å²) in [5.41, 5.74) is 0.759. The Kier molecular flexibility index (Phi) is 0.328. The molecule has 0 radical (unpaired) electrons. The van der Waals surface area contributed by atoms with Crippen LogP contribution in [0.1, 0.15) is 5.76 Å². The molecule has 1 aromatic heterocycles. The van der Waals surface area contributed by atoms with Crippen molar-refractivity contribution in [2.45, 2.75) is 47.7 Å². The quantitative estimate of drug-likeness (QED) is 0.784. The number of rotatable bonds is 1. The van der Waals surface area contributed by atoms with Gasteiger partial charge in [-0.15, -0.1) is 0 Å². The van der Waals surface area contributed by atoms with E-state index in [1.54, 1.807) is 18.2 Å². The van der Waals surface area contributed by atoms with Gasteiger partial charge in [0, 0.05) is 0 Å². The van der Waals surface area contributed by atoms with Gasteiger partial charge in [-0.2, -0.15) is 0 Å². The van der Waals surface area contributed by atoms with Crippen molar-refractivity contribution < 1.29 is 16.0 Å². The summed E-state index contributed by atoms with van der Waals surface area (Å²) in [6.45, 7) is -3.26. The number of hydrogen-bond acceptors (Lipinski definition) is 3. The summed E-state index contributed by atoms with van der Waals surface area (Å²) >= 11 is 0. The van der Waals surface area contributed by atoms with Crippen molar-refractivity contribution in [1.29, 1.82) is 0 Å². The summed E-state index contributed by atoms with van der Waals surface area (Å²) in [5.74, 6) is 1.28. The van der Waals surface area contributed by atoms with Crippen LogP contribution >= 0.6 is 0 Å². The van der Waals surface area contributed by atoms with Gasteiger partial charge in [-0.05, 0) is 0 Å². The molecule has 1 aromatic carbocycles. The van der Waals surface area contributed by atoms with E-state index >= 15 is 0 Å². The monoisotopic (exact) mass is 346 g/mol. The fourth-order valence-electron chi connectivity index (χ4n) is 18.2. The third-order valence-corrected chi connectivity index (χ3v) is 59.1. The number of hydrogen-bond donors (Lipinski definition) is 1. The van der Waals surface area contributed by atoms with Gasteiger partial charge in [0.15, 0.2) is 0 Å². The molecule has 0 bridgehead atoms. The average molecular weight is 346 g/mol. The zero-order valence-corrected chi connectivity index (χ0v) is 13.2. The molecule has 23 heavy (non-hydrogen) atoms. The van der Waals surface area contributed by atoms with E-state index in [0.29, 0.717) is 15.3 Å². The first-order valence-corrected chi connectivity index (χ1v) is 15.2. The topological polar surface area (TPSA) is 50.4 Å². The third-order valence-electron chi connectivity index (χ3n) is 16.8. The van der Waals surface area contributed by atoms with Crippen LogP contribution in [0.25, 0.3) is 11.0 Å². The van der Waals surface area contributed by atoms with Gasteiger partial charge >= 0.3 is 121 Å². The van der Waals surface area contributed by atoms with Crippen LogP contribution in [0.4, 0.5) is 0 Å². The van der Waals surface area contributed by atoms with Crippen LogP contribution in [0.5, 0.6) is 5.75 Å². The molecule has 0 aliphatic carbocycles. The summed E-state index contributed by atoms with van der Waals surface area (Å²) in [5, 5.41) is 10.2. The molecular weight excluding hydrogens is 332 g/mol. The van der Waals surface area contributed by atoms with Crippen molar-refractivity contribution in [2.24, 2.45) is 0 Å². The van der Waals surface area contributed by atoms with Crippen molar-refractivity contribution in [3.05, 3.63) is 40.2 Å². The Labute approximate surface area is 121 Å². The molecule has 10 fully saturated rings. The normalized spacial score (nSPS) is 91.2. The van der Waals surface area contributed by atoms with Crippen molar-refractivity contribution in [3.63, 3.8) is 0 Å². The van der Waals surface area contributed by atoms with Crippen molar-refractivity contribution >= 4 is 11.0 Å². The van der Waals surface area contributed by atoms with Gasteiger partial charge in [0.05, 0.1) is 0 Å². The van der Waals surface area contributed by atoms with Crippen LogP contribution in [0.15, 0.2) is 33.5 Å². The van der Waals surface area contributed by atoms with Gasteiger partial charge in [-0.3, -0.25) is 0 Å². The van der Waals surface area contributed by atoms with Gasteiger partial charge < -0.3 is 0 Å². The Morgan fingerprint density at radius 2 is 1.61 bits per heavy atom. The molecule has 11 heterocycles. The second kappa shape index (κ2) is 0.865. The predicted molar refractivity (Wildman–Crippen MR) is 79.6 cm³/mol. The van der Waals surface area contributed by atoms with E-state index < -0.39 is 6.51 Å². The SMILES string of the molecule is O=c1cc([C]23[CH]4[CH]5[CH]6[CH]2[Fe]56432789[CH]3[CH]2[CH]7[CH]8[CH]39)oc2ccc(O)cc12. The zero-order chi connectivity index (χ0) is 14.4. The van der Waals surface area contributed by atoms with E-state index in [1.807, 2.05) is 6.07 Å². The van der Waals surface area contributed by atoms with Crippen LogP contribution in [0.3, 0.4) is 0 Å². The minimum absolute atomic E-state index is 0.0631. The molecule has 1 N–H and O–H groups in total. The maximum absolute atomic E-state index is 12.7. The van der Waals surface area contributed by atoms with Gasteiger partial charge in [-0.1, -0.05) is 0 Å². The molecule has 4 unspecified atom stereocenters. The van der Waals surface area contributed by atoms with Crippen molar-refractivity contribution in [3.8, 4) is 5.75 Å². The standard InChI is InChI=1S/C14H9O3.C5H5.Fe/c15-10-5-6-13-11(7-10)12(16)8-14(17-13)9-3-1-2-4-9;1-2-4-5-3-1;/h1-8,15H;1-5H;. The second-order valence-corrected chi connectivity index (χ2v) is 35.9. The first-order valence-electron chi connectivity index (χ1n) is 8.91. The van der Waals surface area contributed by atoms with Crippen LogP contribution < -0.4 is 5.43 Å². The fraction of sp³-hybridized carbons (Fsp3) is 0.526. The third kappa shape index (κ3) is 0.124. The van der Waals surface area contributed by atoms with E-state index in [4.69, 9.17) is 4.42 Å². The summed E-state index contributed by atoms with van der Waals surface area (Å²) in [6.07, 6.45) is 0. The summed E-state index contributed by atoms with van der Waals surface area (Å²) in [6, 6.07) is 6.86.